The van der Waals surface area contributed by atoms with Gasteiger partial charge in [-0.1, -0.05) is 13.8 Å². The molecule has 0 spiro atoms. The molecule has 0 amide bonds. The van der Waals surface area contributed by atoms with Crippen LogP contribution in [0.15, 0.2) is 6.20 Å². The van der Waals surface area contributed by atoms with Crippen molar-refractivity contribution in [1.29, 1.82) is 0 Å². The lowest BCUT2D eigenvalue weighted by Gasteiger charge is -2.28. The number of aromatic amines is 1. The number of hydrogen-bond donors (Lipinski definition) is 1. The Morgan fingerprint density at radius 2 is 2.15 bits per heavy atom. The normalized spacial score (nSPS) is 20.1. The van der Waals surface area contributed by atoms with Crippen LogP contribution in [0.5, 0.6) is 0 Å². The number of H-pyrrole nitrogens is 1. The first kappa shape index (κ1) is 8.54. The largest absolute Gasteiger partial charge is 0.364 e. The number of hydrogen-bond acceptors (Lipinski definition) is 1. The lowest BCUT2D eigenvalue weighted by molar-refractivity contribution is 0.0810. The van der Waals surface area contributed by atoms with E-state index in [-0.39, 0.29) is 5.41 Å². The Labute approximate surface area is 78.4 Å². The highest BCUT2D eigenvalue weighted by Gasteiger charge is 2.35. The van der Waals surface area contributed by atoms with E-state index in [9.17, 15) is 4.79 Å². The van der Waals surface area contributed by atoms with E-state index in [4.69, 9.17) is 0 Å². The SMILES string of the molecule is Cc1c[nH]c2c1C(=O)C(C)(C)CC2. The van der Waals surface area contributed by atoms with Crippen LogP contribution in [0.4, 0.5) is 0 Å². The molecule has 70 valence electrons. The second-order valence-electron chi connectivity index (χ2n) is 4.54. The molecule has 0 saturated carbocycles. The van der Waals surface area contributed by atoms with Gasteiger partial charge in [0.25, 0.3) is 0 Å². The molecule has 2 rings (SSSR count). The van der Waals surface area contributed by atoms with Crippen molar-refractivity contribution < 1.29 is 4.79 Å². The van der Waals surface area contributed by atoms with Gasteiger partial charge in [0.1, 0.15) is 0 Å². The van der Waals surface area contributed by atoms with E-state index in [0.29, 0.717) is 5.78 Å². The zero-order valence-electron chi connectivity index (χ0n) is 8.40. The van der Waals surface area contributed by atoms with Crippen LogP contribution in [0.2, 0.25) is 0 Å². The second-order valence-corrected chi connectivity index (χ2v) is 4.54. The minimum absolute atomic E-state index is 0.167. The van der Waals surface area contributed by atoms with Gasteiger partial charge in [0.15, 0.2) is 5.78 Å². The number of rotatable bonds is 0. The summed E-state index contributed by atoms with van der Waals surface area (Å²) < 4.78 is 0. The molecule has 0 unspecified atom stereocenters. The summed E-state index contributed by atoms with van der Waals surface area (Å²) in [5.74, 6) is 0.299. The van der Waals surface area contributed by atoms with Gasteiger partial charge >= 0.3 is 0 Å². The smallest absolute Gasteiger partial charge is 0.170 e. The fourth-order valence-corrected chi connectivity index (χ4v) is 1.98. The fourth-order valence-electron chi connectivity index (χ4n) is 1.98. The second kappa shape index (κ2) is 2.47. The summed E-state index contributed by atoms with van der Waals surface area (Å²) in [6, 6.07) is 0. The molecule has 0 aromatic carbocycles. The minimum atomic E-state index is -0.167. The molecule has 0 atom stereocenters. The van der Waals surface area contributed by atoms with Gasteiger partial charge in [-0.05, 0) is 25.3 Å². The first-order valence-corrected chi connectivity index (χ1v) is 4.74. The van der Waals surface area contributed by atoms with E-state index in [2.05, 4.69) is 4.98 Å². The molecule has 1 aromatic rings. The molecule has 0 bridgehead atoms. The molecule has 1 N–H and O–H groups in total. The van der Waals surface area contributed by atoms with E-state index in [1.54, 1.807) is 0 Å². The van der Waals surface area contributed by atoms with Crippen LogP contribution in [0, 0.1) is 12.3 Å². The summed E-state index contributed by atoms with van der Waals surface area (Å²) >= 11 is 0. The predicted octanol–water partition coefficient (Wildman–Crippen LogP) is 2.48. The van der Waals surface area contributed by atoms with Crippen LogP contribution in [-0.2, 0) is 6.42 Å². The van der Waals surface area contributed by atoms with Gasteiger partial charge in [-0.15, -0.1) is 0 Å². The molecule has 0 aliphatic heterocycles. The van der Waals surface area contributed by atoms with Gasteiger partial charge < -0.3 is 4.98 Å². The van der Waals surface area contributed by atoms with Crippen molar-refractivity contribution >= 4 is 5.78 Å². The zero-order valence-corrected chi connectivity index (χ0v) is 8.40. The monoisotopic (exact) mass is 177 g/mol. The van der Waals surface area contributed by atoms with Crippen LogP contribution < -0.4 is 0 Å². The molecule has 0 fully saturated rings. The Bertz CT molecular complexity index is 360. The lowest BCUT2D eigenvalue weighted by Crippen LogP contribution is -2.30. The van der Waals surface area contributed by atoms with Gasteiger partial charge in [-0.25, -0.2) is 0 Å². The van der Waals surface area contributed by atoms with Crippen LogP contribution in [0.25, 0.3) is 0 Å². The topological polar surface area (TPSA) is 32.9 Å². The lowest BCUT2D eigenvalue weighted by atomic mass is 9.74. The van der Waals surface area contributed by atoms with Crippen molar-refractivity contribution in [2.24, 2.45) is 5.41 Å². The van der Waals surface area contributed by atoms with Crippen molar-refractivity contribution in [3.63, 3.8) is 0 Å². The molecule has 2 nitrogen and oxygen atoms in total. The highest BCUT2D eigenvalue weighted by atomic mass is 16.1. The Hall–Kier alpha value is -1.05. The molecule has 1 aromatic heterocycles. The number of aromatic nitrogens is 1. The van der Waals surface area contributed by atoms with Crippen LogP contribution >= 0.6 is 0 Å². The van der Waals surface area contributed by atoms with Crippen molar-refractivity contribution in [1.82, 2.24) is 4.98 Å². The average Bonchev–Trinajstić information content (AvgIpc) is 2.41. The summed E-state index contributed by atoms with van der Waals surface area (Å²) in [5.41, 5.74) is 2.99. The van der Waals surface area contributed by atoms with Crippen LogP contribution in [-0.4, -0.2) is 10.8 Å². The maximum atomic E-state index is 12.0. The van der Waals surface area contributed by atoms with E-state index >= 15 is 0 Å². The van der Waals surface area contributed by atoms with Crippen molar-refractivity contribution in [3.8, 4) is 0 Å². The predicted molar refractivity (Wildman–Crippen MR) is 52.0 cm³/mol. The molecule has 1 aliphatic carbocycles. The van der Waals surface area contributed by atoms with E-state index in [1.807, 2.05) is 27.0 Å². The van der Waals surface area contributed by atoms with E-state index < -0.39 is 0 Å². The molecule has 1 aliphatic rings. The molecule has 0 radical (unpaired) electrons. The first-order valence-electron chi connectivity index (χ1n) is 4.74. The number of carbonyl (C=O) groups excluding carboxylic acids is 1. The van der Waals surface area contributed by atoms with Gasteiger partial charge in [0, 0.05) is 22.9 Å². The van der Waals surface area contributed by atoms with E-state index in [0.717, 1.165) is 29.7 Å². The molecular weight excluding hydrogens is 162 g/mol. The average molecular weight is 177 g/mol. The third-order valence-electron chi connectivity index (χ3n) is 3.00. The minimum Gasteiger partial charge on any atom is -0.364 e. The van der Waals surface area contributed by atoms with Gasteiger partial charge in [-0.3, -0.25) is 4.79 Å². The summed E-state index contributed by atoms with van der Waals surface area (Å²) in [6.07, 6.45) is 3.89. The third-order valence-corrected chi connectivity index (χ3v) is 3.00. The van der Waals surface area contributed by atoms with Crippen LogP contribution in [0.3, 0.4) is 0 Å². The number of carbonyl (C=O) groups is 1. The molecular formula is C11H15NO. The van der Waals surface area contributed by atoms with Gasteiger partial charge in [-0.2, -0.15) is 0 Å². The van der Waals surface area contributed by atoms with Gasteiger partial charge in [0.05, 0.1) is 0 Å². The number of Topliss-reactive ketones (excluding diaryl/α,β-unsaturated/α-hetero) is 1. The summed E-state index contributed by atoms with van der Waals surface area (Å²) in [5, 5.41) is 0. The Morgan fingerprint density at radius 3 is 2.85 bits per heavy atom. The van der Waals surface area contributed by atoms with Crippen molar-refractivity contribution in [2.75, 3.05) is 0 Å². The molecule has 2 heteroatoms. The number of fused-ring (bicyclic) bond motifs is 1. The Kier molecular flexibility index (Phi) is 1.62. The highest BCUT2D eigenvalue weighted by molar-refractivity contribution is 6.03. The van der Waals surface area contributed by atoms with Gasteiger partial charge in [0.2, 0.25) is 0 Å². The Morgan fingerprint density at radius 1 is 1.46 bits per heavy atom. The summed E-state index contributed by atoms with van der Waals surface area (Å²) in [7, 11) is 0. The molecule has 1 heterocycles. The Balaban J connectivity index is 2.55. The summed E-state index contributed by atoms with van der Waals surface area (Å²) in [4.78, 5) is 15.2. The third kappa shape index (κ3) is 1.12. The maximum Gasteiger partial charge on any atom is 0.170 e. The van der Waals surface area contributed by atoms with Crippen molar-refractivity contribution in [3.05, 3.63) is 23.0 Å². The quantitative estimate of drug-likeness (QED) is 0.648. The molecule has 13 heavy (non-hydrogen) atoms. The van der Waals surface area contributed by atoms with Crippen molar-refractivity contribution in [2.45, 2.75) is 33.6 Å². The highest BCUT2D eigenvalue weighted by Crippen LogP contribution is 2.35. The number of aryl methyl sites for hydroxylation is 2. The fraction of sp³-hybridized carbons (Fsp3) is 0.545. The standard InChI is InChI=1S/C11H15NO/c1-7-6-12-8-4-5-11(2,3)10(13)9(7)8/h6,12H,4-5H2,1-3H3. The maximum absolute atomic E-state index is 12.0. The van der Waals surface area contributed by atoms with E-state index in [1.165, 1.54) is 0 Å². The summed E-state index contributed by atoms with van der Waals surface area (Å²) in [6.45, 7) is 6.06. The number of ketones is 1. The molecule has 0 saturated heterocycles. The first-order chi connectivity index (χ1) is 6.02. The van der Waals surface area contributed by atoms with Crippen LogP contribution in [0.1, 0.15) is 41.9 Å². The zero-order chi connectivity index (χ0) is 9.64. The number of nitrogens with one attached hydrogen (secondary N) is 1.